The SMILES string of the molecule is Cc1sc2ncn(Cc3ccc(Cl)cc3)c(=O)c2c1-c1ccccc1. The average molecular weight is 367 g/mol. The highest BCUT2D eigenvalue weighted by atomic mass is 35.5. The topological polar surface area (TPSA) is 34.9 Å². The van der Waals surface area contributed by atoms with Crippen LogP contribution in [0.1, 0.15) is 10.4 Å². The molecule has 0 saturated heterocycles. The second-order valence-corrected chi connectivity index (χ2v) is 7.52. The Morgan fingerprint density at radius 3 is 2.52 bits per heavy atom. The summed E-state index contributed by atoms with van der Waals surface area (Å²) in [6.45, 7) is 2.51. The lowest BCUT2D eigenvalue weighted by Crippen LogP contribution is -2.21. The van der Waals surface area contributed by atoms with Crippen LogP contribution in [0.15, 0.2) is 65.7 Å². The van der Waals surface area contributed by atoms with Crippen LogP contribution < -0.4 is 5.56 Å². The summed E-state index contributed by atoms with van der Waals surface area (Å²) in [5, 5.41) is 1.38. The van der Waals surface area contributed by atoms with Gasteiger partial charge in [-0.25, -0.2) is 4.98 Å². The maximum absolute atomic E-state index is 13.1. The number of halogens is 1. The number of hydrogen-bond acceptors (Lipinski definition) is 3. The lowest BCUT2D eigenvalue weighted by Gasteiger charge is -2.07. The minimum atomic E-state index is -0.0110. The number of benzene rings is 2. The van der Waals surface area contributed by atoms with E-state index in [9.17, 15) is 4.79 Å². The van der Waals surface area contributed by atoms with Crippen LogP contribution in [0.4, 0.5) is 0 Å². The zero-order chi connectivity index (χ0) is 17.4. The molecule has 0 aliphatic carbocycles. The molecule has 4 rings (SSSR count). The molecule has 2 heterocycles. The van der Waals surface area contributed by atoms with Crippen LogP contribution in [0.25, 0.3) is 21.3 Å². The van der Waals surface area contributed by atoms with Gasteiger partial charge in [-0.15, -0.1) is 11.3 Å². The van der Waals surface area contributed by atoms with Gasteiger partial charge in [-0.3, -0.25) is 9.36 Å². The Kier molecular flexibility index (Phi) is 4.15. The highest BCUT2D eigenvalue weighted by Gasteiger charge is 2.16. The first kappa shape index (κ1) is 16.1. The zero-order valence-electron chi connectivity index (χ0n) is 13.6. The van der Waals surface area contributed by atoms with Crippen molar-refractivity contribution in [3.05, 3.63) is 86.7 Å². The van der Waals surface area contributed by atoms with Crippen molar-refractivity contribution in [1.82, 2.24) is 9.55 Å². The Morgan fingerprint density at radius 1 is 1.08 bits per heavy atom. The molecule has 0 aliphatic heterocycles. The van der Waals surface area contributed by atoms with E-state index >= 15 is 0 Å². The van der Waals surface area contributed by atoms with Gasteiger partial charge in [0.1, 0.15) is 4.83 Å². The number of aromatic nitrogens is 2. The fourth-order valence-corrected chi connectivity index (χ4v) is 4.12. The van der Waals surface area contributed by atoms with Gasteiger partial charge in [0.05, 0.1) is 18.3 Å². The molecule has 0 atom stereocenters. The van der Waals surface area contributed by atoms with Crippen LogP contribution >= 0.6 is 22.9 Å². The van der Waals surface area contributed by atoms with Crippen LogP contribution in [0.5, 0.6) is 0 Å². The highest BCUT2D eigenvalue weighted by Crippen LogP contribution is 2.35. The van der Waals surface area contributed by atoms with Crippen LogP contribution in [0.3, 0.4) is 0 Å². The maximum atomic E-state index is 13.1. The largest absolute Gasteiger partial charge is 0.294 e. The molecule has 5 heteroatoms. The van der Waals surface area contributed by atoms with Crippen LogP contribution in [0, 0.1) is 6.92 Å². The molecular weight excluding hydrogens is 352 g/mol. The van der Waals surface area contributed by atoms with E-state index < -0.39 is 0 Å². The number of aryl methyl sites for hydroxylation is 1. The Morgan fingerprint density at radius 2 is 1.80 bits per heavy atom. The molecule has 2 aromatic heterocycles. The first-order valence-electron chi connectivity index (χ1n) is 7.92. The van der Waals surface area contributed by atoms with Gasteiger partial charge in [-0.05, 0) is 30.2 Å². The Bertz CT molecular complexity index is 1100. The second-order valence-electron chi connectivity index (χ2n) is 5.88. The molecule has 0 amide bonds. The van der Waals surface area contributed by atoms with Gasteiger partial charge in [0.15, 0.2) is 0 Å². The predicted octanol–water partition coefficient (Wildman–Crippen LogP) is 5.14. The van der Waals surface area contributed by atoms with Crippen molar-refractivity contribution in [2.45, 2.75) is 13.5 Å². The van der Waals surface area contributed by atoms with E-state index in [0.717, 1.165) is 26.4 Å². The summed E-state index contributed by atoms with van der Waals surface area (Å²) >= 11 is 7.50. The molecule has 0 radical (unpaired) electrons. The molecule has 3 nitrogen and oxygen atoms in total. The van der Waals surface area contributed by atoms with Crippen molar-refractivity contribution in [3.63, 3.8) is 0 Å². The predicted molar refractivity (Wildman–Crippen MR) is 105 cm³/mol. The number of nitrogens with zero attached hydrogens (tertiary/aromatic N) is 2. The Labute approximate surface area is 154 Å². The molecule has 4 aromatic rings. The molecule has 124 valence electrons. The molecule has 0 unspecified atom stereocenters. The van der Waals surface area contributed by atoms with E-state index in [-0.39, 0.29) is 5.56 Å². The van der Waals surface area contributed by atoms with Gasteiger partial charge in [0.25, 0.3) is 5.56 Å². The van der Waals surface area contributed by atoms with Crippen molar-refractivity contribution < 1.29 is 0 Å². The maximum Gasteiger partial charge on any atom is 0.263 e. The highest BCUT2D eigenvalue weighted by molar-refractivity contribution is 7.19. The Balaban J connectivity index is 1.87. The quantitative estimate of drug-likeness (QED) is 0.503. The van der Waals surface area contributed by atoms with Crippen molar-refractivity contribution in [2.75, 3.05) is 0 Å². The van der Waals surface area contributed by atoms with Crippen LogP contribution in [-0.4, -0.2) is 9.55 Å². The fraction of sp³-hybridized carbons (Fsp3) is 0.100. The van der Waals surface area contributed by atoms with Gasteiger partial charge < -0.3 is 0 Å². The second kappa shape index (κ2) is 6.47. The van der Waals surface area contributed by atoms with Crippen LogP contribution in [-0.2, 0) is 6.54 Å². The standard InChI is InChI=1S/C20H15ClN2OS/c1-13-17(15-5-3-2-4-6-15)18-19(25-13)22-12-23(20(18)24)11-14-7-9-16(21)10-8-14/h2-10,12H,11H2,1H3. The summed E-state index contributed by atoms with van der Waals surface area (Å²) in [4.78, 5) is 19.5. The van der Waals surface area contributed by atoms with Gasteiger partial charge >= 0.3 is 0 Å². The molecule has 0 bridgehead atoms. The van der Waals surface area contributed by atoms with Crippen molar-refractivity contribution in [2.24, 2.45) is 0 Å². The van der Waals surface area contributed by atoms with Gasteiger partial charge in [0, 0.05) is 15.5 Å². The molecule has 0 fully saturated rings. The summed E-state index contributed by atoms with van der Waals surface area (Å²) in [7, 11) is 0. The summed E-state index contributed by atoms with van der Waals surface area (Å²) in [6.07, 6.45) is 1.63. The third-order valence-electron chi connectivity index (χ3n) is 4.18. The van der Waals surface area contributed by atoms with E-state index in [2.05, 4.69) is 4.98 Å². The lowest BCUT2D eigenvalue weighted by atomic mass is 10.0. The summed E-state index contributed by atoms with van der Waals surface area (Å²) < 4.78 is 1.66. The number of rotatable bonds is 3. The third-order valence-corrected chi connectivity index (χ3v) is 5.45. The van der Waals surface area contributed by atoms with Crippen molar-refractivity contribution in [3.8, 4) is 11.1 Å². The molecular formula is C20H15ClN2OS. The molecule has 2 aromatic carbocycles. The third kappa shape index (κ3) is 2.99. The number of thiophene rings is 1. The Hall–Kier alpha value is -2.43. The molecule has 0 saturated carbocycles. The molecule has 25 heavy (non-hydrogen) atoms. The van der Waals surface area contributed by atoms with E-state index in [1.165, 1.54) is 0 Å². The smallest absolute Gasteiger partial charge is 0.263 e. The summed E-state index contributed by atoms with van der Waals surface area (Å²) in [5.74, 6) is 0. The minimum Gasteiger partial charge on any atom is -0.294 e. The fourth-order valence-electron chi connectivity index (χ4n) is 2.99. The lowest BCUT2D eigenvalue weighted by molar-refractivity contribution is 0.749. The molecule has 0 spiro atoms. The van der Waals surface area contributed by atoms with Gasteiger partial charge in [-0.2, -0.15) is 0 Å². The first-order valence-corrected chi connectivity index (χ1v) is 9.11. The monoisotopic (exact) mass is 366 g/mol. The van der Waals surface area contributed by atoms with Crippen molar-refractivity contribution in [1.29, 1.82) is 0 Å². The average Bonchev–Trinajstić information content (AvgIpc) is 2.97. The minimum absolute atomic E-state index is 0.0110. The van der Waals surface area contributed by atoms with Crippen molar-refractivity contribution >= 4 is 33.2 Å². The van der Waals surface area contributed by atoms with E-state index in [1.54, 1.807) is 22.2 Å². The summed E-state index contributed by atoms with van der Waals surface area (Å²) in [6, 6.07) is 17.5. The normalized spacial score (nSPS) is 11.1. The number of fused-ring (bicyclic) bond motifs is 1. The number of hydrogen-bond donors (Lipinski definition) is 0. The van der Waals surface area contributed by atoms with E-state index in [4.69, 9.17) is 11.6 Å². The van der Waals surface area contributed by atoms with E-state index in [1.807, 2.05) is 61.5 Å². The molecule has 0 aliphatic rings. The zero-order valence-corrected chi connectivity index (χ0v) is 15.1. The summed E-state index contributed by atoms with van der Waals surface area (Å²) in [5.41, 5.74) is 3.04. The van der Waals surface area contributed by atoms with Gasteiger partial charge in [-0.1, -0.05) is 54.1 Å². The van der Waals surface area contributed by atoms with E-state index in [0.29, 0.717) is 17.0 Å². The molecule has 0 N–H and O–H groups in total. The first-order chi connectivity index (χ1) is 12.1. The van der Waals surface area contributed by atoms with Gasteiger partial charge in [0.2, 0.25) is 0 Å². The van der Waals surface area contributed by atoms with Crippen LogP contribution in [0.2, 0.25) is 5.02 Å².